The first-order valence-corrected chi connectivity index (χ1v) is 6.75. The summed E-state index contributed by atoms with van der Waals surface area (Å²) in [5, 5.41) is 16.8. The number of aliphatic hydroxyl groups is 1. The zero-order valence-electron chi connectivity index (χ0n) is 11.5. The summed E-state index contributed by atoms with van der Waals surface area (Å²) in [7, 11) is 1.45. The van der Waals surface area contributed by atoms with Crippen LogP contribution in [0, 0.1) is 0 Å². The molecule has 0 fully saturated rings. The Morgan fingerprint density at radius 2 is 2.29 bits per heavy atom. The van der Waals surface area contributed by atoms with Gasteiger partial charge in [0.2, 0.25) is 0 Å². The minimum absolute atomic E-state index is 0.0448. The van der Waals surface area contributed by atoms with Gasteiger partial charge in [0.15, 0.2) is 0 Å². The fourth-order valence-electron chi connectivity index (χ4n) is 1.88. The molecule has 0 aliphatic heterocycles. The van der Waals surface area contributed by atoms with Crippen molar-refractivity contribution in [2.24, 2.45) is 0 Å². The summed E-state index contributed by atoms with van der Waals surface area (Å²) in [6.45, 7) is 0.157. The molecule has 0 saturated carbocycles. The number of methoxy groups -OCH3 is 1. The molecule has 1 aromatic heterocycles. The highest BCUT2D eigenvalue weighted by atomic mass is 35.5. The Kier molecular flexibility index (Phi) is 5.32. The molecule has 2 aromatic rings. The third kappa shape index (κ3) is 4.04. The molecule has 0 aliphatic carbocycles. The van der Waals surface area contributed by atoms with Crippen LogP contribution in [0.3, 0.4) is 0 Å². The van der Waals surface area contributed by atoms with Crippen LogP contribution in [0.2, 0.25) is 5.02 Å². The van der Waals surface area contributed by atoms with Crippen LogP contribution < -0.4 is 5.32 Å². The number of carbonyl (C=O) groups is 1. The van der Waals surface area contributed by atoms with Crippen LogP contribution in [0.5, 0.6) is 0 Å². The van der Waals surface area contributed by atoms with Gasteiger partial charge in [-0.1, -0.05) is 23.7 Å². The van der Waals surface area contributed by atoms with E-state index in [0.29, 0.717) is 16.5 Å². The molecule has 1 amide bonds. The van der Waals surface area contributed by atoms with E-state index in [4.69, 9.17) is 21.4 Å². The lowest BCUT2D eigenvalue weighted by atomic mass is 10.1. The number of aromatic nitrogens is 2. The molecule has 2 N–H and O–H groups in total. The van der Waals surface area contributed by atoms with Gasteiger partial charge in [0.05, 0.1) is 18.8 Å². The maximum atomic E-state index is 11.6. The zero-order chi connectivity index (χ0) is 15.2. The van der Waals surface area contributed by atoms with Crippen molar-refractivity contribution in [2.75, 3.05) is 25.6 Å². The predicted molar refractivity (Wildman–Crippen MR) is 80.3 cm³/mol. The SMILES string of the molecule is COCC(=O)Nc1cc(-c2cccc(Cl)c2)nn1CCO. The van der Waals surface area contributed by atoms with E-state index in [1.165, 1.54) is 11.8 Å². The van der Waals surface area contributed by atoms with Crippen molar-refractivity contribution in [3.63, 3.8) is 0 Å². The predicted octanol–water partition coefficient (Wildman–Crippen LogP) is 1.78. The van der Waals surface area contributed by atoms with Gasteiger partial charge in [-0.2, -0.15) is 5.10 Å². The number of aliphatic hydroxyl groups excluding tert-OH is 1. The number of ether oxygens (including phenoxy) is 1. The van der Waals surface area contributed by atoms with E-state index in [1.54, 1.807) is 18.2 Å². The van der Waals surface area contributed by atoms with Gasteiger partial charge in [-0.25, -0.2) is 4.68 Å². The highest BCUT2D eigenvalue weighted by Crippen LogP contribution is 2.24. The van der Waals surface area contributed by atoms with Crippen LogP contribution in [0.25, 0.3) is 11.3 Å². The normalized spacial score (nSPS) is 10.6. The highest BCUT2D eigenvalue weighted by Gasteiger charge is 2.12. The molecule has 1 heterocycles. The lowest BCUT2D eigenvalue weighted by Crippen LogP contribution is -2.20. The topological polar surface area (TPSA) is 76.4 Å². The fourth-order valence-corrected chi connectivity index (χ4v) is 2.07. The van der Waals surface area contributed by atoms with Crippen LogP contribution >= 0.6 is 11.6 Å². The summed E-state index contributed by atoms with van der Waals surface area (Å²) in [5.74, 6) is 0.218. The summed E-state index contributed by atoms with van der Waals surface area (Å²) < 4.78 is 6.31. The van der Waals surface area contributed by atoms with Crippen LogP contribution in [-0.4, -0.2) is 41.1 Å². The van der Waals surface area contributed by atoms with Crippen LogP contribution in [-0.2, 0) is 16.1 Å². The molecule has 0 bridgehead atoms. The molecule has 21 heavy (non-hydrogen) atoms. The van der Waals surface area contributed by atoms with Crippen molar-refractivity contribution in [3.8, 4) is 11.3 Å². The molecule has 0 spiro atoms. The summed E-state index contributed by atoms with van der Waals surface area (Å²) >= 11 is 5.97. The molecule has 0 aliphatic rings. The molecule has 7 heteroatoms. The van der Waals surface area contributed by atoms with Gasteiger partial charge in [0.25, 0.3) is 5.91 Å². The second kappa shape index (κ2) is 7.21. The average Bonchev–Trinajstić information content (AvgIpc) is 2.83. The van der Waals surface area contributed by atoms with Gasteiger partial charge < -0.3 is 15.2 Å². The summed E-state index contributed by atoms with van der Waals surface area (Å²) in [6, 6.07) is 8.99. The largest absolute Gasteiger partial charge is 0.394 e. The zero-order valence-corrected chi connectivity index (χ0v) is 12.3. The highest BCUT2D eigenvalue weighted by molar-refractivity contribution is 6.30. The van der Waals surface area contributed by atoms with E-state index < -0.39 is 0 Å². The average molecular weight is 310 g/mol. The van der Waals surface area contributed by atoms with Gasteiger partial charge in [0.1, 0.15) is 12.4 Å². The fraction of sp³-hybridized carbons (Fsp3) is 0.286. The molecule has 0 saturated heterocycles. The van der Waals surface area contributed by atoms with Crippen LogP contribution in [0.15, 0.2) is 30.3 Å². The third-order valence-corrected chi connectivity index (χ3v) is 2.99. The van der Waals surface area contributed by atoms with Crippen molar-refractivity contribution in [1.29, 1.82) is 0 Å². The Hall–Kier alpha value is -1.89. The molecular formula is C14H16ClN3O3. The third-order valence-electron chi connectivity index (χ3n) is 2.76. The Morgan fingerprint density at radius 3 is 2.95 bits per heavy atom. The molecule has 0 atom stereocenters. The number of hydrogen-bond donors (Lipinski definition) is 2. The van der Waals surface area contributed by atoms with Crippen molar-refractivity contribution >= 4 is 23.3 Å². The molecule has 0 radical (unpaired) electrons. The van der Waals surface area contributed by atoms with E-state index in [-0.39, 0.29) is 25.7 Å². The van der Waals surface area contributed by atoms with Gasteiger partial charge in [-0.15, -0.1) is 0 Å². The van der Waals surface area contributed by atoms with E-state index in [1.807, 2.05) is 12.1 Å². The maximum absolute atomic E-state index is 11.6. The monoisotopic (exact) mass is 309 g/mol. The van der Waals surface area contributed by atoms with Gasteiger partial charge >= 0.3 is 0 Å². The van der Waals surface area contributed by atoms with Gasteiger partial charge in [-0.3, -0.25) is 4.79 Å². The number of nitrogens with one attached hydrogen (secondary N) is 1. The maximum Gasteiger partial charge on any atom is 0.251 e. The Labute approximate surface area is 127 Å². The standard InChI is InChI=1S/C14H16ClN3O3/c1-21-9-14(20)16-13-8-12(17-18(13)5-6-19)10-3-2-4-11(15)7-10/h2-4,7-8,19H,5-6,9H2,1H3,(H,16,20). The van der Waals surface area contributed by atoms with Crippen molar-refractivity contribution < 1.29 is 14.6 Å². The Morgan fingerprint density at radius 1 is 1.48 bits per heavy atom. The number of hydrogen-bond acceptors (Lipinski definition) is 4. The smallest absolute Gasteiger partial charge is 0.251 e. The van der Waals surface area contributed by atoms with E-state index in [2.05, 4.69) is 10.4 Å². The van der Waals surface area contributed by atoms with Crippen LogP contribution in [0.4, 0.5) is 5.82 Å². The molecule has 2 rings (SSSR count). The number of nitrogens with zero attached hydrogens (tertiary/aromatic N) is 2. The number of carbonyl (C=O) groups excluding carboxylic acids is 1. The summed E-state index contributed by atoms with van der Waals surface area (Å²) in [6.07, 6.45) is 0. The van der Waals surface area contributed by atoms with E-state index in [0.717, 1.165) is 5.56 Å². The molecular weight excluding hydrogens is 294 g/mol. The second-order valence-electron chi connectivity index (χ2n) is 4.35. The van der Waals surface area contributed by atoms with Crippen molar-refractivity contribution in [1.82, 2.24) is 9.78 Å². The minimum Gasteiger partial charge on any atom is -0.394 e. The van der Waals surface area contributed by atoms with E-state index in [9.17, 15) is 4.79 Å². The first-order chi connectivity index (χ1) is 10.1. The van der Waals surface area contributed by atoms with Crippen molar-refractivity contribution in [2.45, 2.75) is 6.54 Å². The number of halogens is 1. The molecule has 0 unspecified atom stereocenters. The Bertz CT molecular complexity index is 628. The first-order valence-electron chi connectivity index (χ1n) is 6.37. The number of amides is 1. The first kappa shape index (κ1) is 15.5. The Balaban J connectivity index is 2.30. The quantitative estimate of drug-likeness (QED) is 0.853. The summed E-state index contributed by atoms with van der Waals surface area (Å²) in [5.41, 5.74) is 1.50. The summed E-state index contributed by atoms with van der Waals surface area (Å²) in [4.78, 5) is 11.6. The number of anilines is 1. The van der Waals surface area contributed by atoms with Gasteiger partial charge in [0, 0.05) is 23.8 Å². The lowest BCUT2D eigenvalue weighted by molar-refractivity contribution is -0.119. The van der Waals surface area contributed by atoms with Crippen LogP contribution in [0.1, 0.15) is 0 Å². The molecule has 6 nitrogen and oxygen atoms in total. The second-order valence-corrected chi connectivity index (χ2v) is 4.79. The minimum atomic E-state index is -0.283. The number of rotatable bonds is 6. The lowest BCUT2D eigenvalue weighted by Gasteiger charge is -2.06. The number of benzene rings is 1. The molecule has 1 aromatic carbocycles. The van der Waals surface area contributed by atoms with Gasteiger partial charge in [-0.05, 0) is 12.1 Å². The molecule has 112 valence electrons. The van der Waals surface area contributed by atoms with E-state index >= 15 is 0 Å². The van der Waals surface area contributed by atoms with Crippen molar-refractivity contribution in [3.05, 3.63) is 35.4 Å².